The standard InChI is InChI=1S/C19H21N3O/c1-14(19-21-16-10-6-7-11-17(16)22(19)2)20-18(23)13-12-15-8-4-3-5-9-15/h3-11,14H,12-13H2,1-2H3,(H,20,23). The molecule has 0 aliphatic carbocycles. The third-order valence-electron chi connectivity index (χ3n) is 4.07. The Kier molecular flexibility index (Phi) is 4.42. The van der Waals surface area contributed by atoms with Gasteiger partial charge in [-0.15, -0.1) is 0 Å². The van der Waals surface area contributed by atoms with Crippen molar-refractivity contribution in [1.29, 1.82) is 0 Å². The van der Waals surface area contributed by atoms with E-state index in [1.807, 2.05) is 73.1 Å². The number of imidazole rings is 1. The van der Waals surface area contributed by atoms with E-state index in [2.05, 4.69) is 10.3 Å². The molecule has 1 atom stereocenters. The van der Waals surface area contributed by atoms with Crippen LogP contribution in [0.15, 0.2) is 54.6 Å². The van der Waals surface area contributed by atoms with E-state index in [0.717, 1.165) is 23.3 Å². The van der Waals surface area contributed by atoms with Crippen molar-refractivity contribution in [2.24, 2.45) is 7.05 Å². The van der Waals surface area contributed by atoms with Crippen LogP contribution in [0.5, 0.6) is 0 Å². The van der Waals surface area contributed by atoms with Crippen LogP contribution in [-0.2, 0) is 18.3 Å². The van der Waals surface area contributed by atoms with E-state index in [1.54, 1.807) is 0 Å². The average Bonchev–Trinajstić information content (AvgIpc) is 2.91. The highest BCUT2D eigenvalue weighted by molar-refractivity contribution is 5.78. The number of hydrogen-bond donors (Lipinski definition) is 1. The number of nitrogens with one attached hydrogen (secondary N) is 1. The zero-order valence-corrected chi connectivity index (χ0v) is 13.5. The molecule has 1 heterocycles. The lowest BCUT2D eigenvalue weighted by atomic mass is 10.1. The van der Waals surface area contributed by atoms with E-state index in [1.165, 1.54) is 5.56 Å². The van der Waals surface area contributed by atoms with Crippen LogP contribution in [0.25, 0.3) is 11.0 Å². The van der Waals surface area contributed by atoms with Crippen LogP contribution in [0.2, 0.25) is 0 Å². The highest BCUT2D eigenvalue weighted by atomic mass is 16.1. The van der Waals surface area contributed by atoms with Gasteiger partial charge in [0.1, 0.15) is 5.82 Å². The van der Waals surface area contributed by atoms with Gasteiger partial charge in [-0.05, 0) is 31.0 Å². The van der Waals surface area contributed by atoms with Gasteiger partial charge in [-0.2, -0.15) is 0 Å². The quantitative estimate of drug-likeness (QED) is 0.785. The Morgan fingerprint density at radius 3 is 2.57 bits per heavy atom. The van der Waals surface area contributed by atoms with Gasteiger partial charge in [-0.3, -0.25) is 4.79 Å². The number of carbonyl (C=O) groups excluding carboxylic acids is 1. The van der Waals surface area contributed by atoms with Crippen molar-refractivity contribution in [1.82, 2.24) is 14.9 Å². The summed E-state index contributed by atoms with van der Waals surface area (Å²) in [6.45, 7) is 1.97. The summed E-state index contributed by atoms with van der Waals surface area (Å²) in [5, 5.41) is 3.05. The van der Waals surface area contributed by atoms with Crippen molar-refractivity contribution in [3.05, 3.63) is 66.0 Å². The highest BCUT2D eigenvalue weighted by Crippen LogP contribution is 2.19. The maximum Gasteiger partial charge on any atom is 0.220 e. The summed E-state index contributed by atoms with van der Waals surface area (Å²) in [7, 11) is 1.98. The van der Waals surface area contributed by atoms with Gasteiger partial charge in [0.05, 0.1) is 17.1 Å². The largest absolute Gasteiger partial charge is 0.346 e. The Hall–Kier alpha value is -2.62. The van der Waals surface area contributed by atoms with E-state index >= 15 is 0 Å². The van der Waals surface area contributed by atoms with E-state index in [9.17, 15) is 4.79 Å². The first-order valence-corrected chi connectivity index (χ1v) is 7.90. The Morgan fingerprint density at radius 2 is 1.83 bits per heavy atom. The van der Waals surface area contributed by atoms with Gasteiger partial charge in [-0.25, -0.2) is 4.98 Å². The SMILES string of the molecule is CC(NC(=O)CCc1ccccc1)c1nc2ccccc2n1C. The monoisotopic (exact) mass is 307 g/mol. The normalized spacial score (nSPS) is 12.3. The number of fused-ring (bicyclic) bond motifs is 1. The smallest absolute Gasteiger partial charge is 0.220 e. The zero-order chi connectivity index (χ0) is 16.2. The molecule has 0 spiro atoms. The number of carbonyl (C=O) groups is 1. The topological polar surface area (TPSA) is 46.9 Å². The molecular formula is C19H21N3O. The molecule has 118 valence electrons. The highest BCUT2D eigenvalue weighted by Gasteiger charge is 2.16. The third-order valence-corrected chi connectivity index (χ3v) is 4.07. The Bertz CT molecular complexity index is 808. The van der Waals surface area contributed by atoms with Crippen LogP contribution in [-0.4, -0.2) is 15.5 Å². The van der Waals surface area contributed by atoms with Crippen molar-refractivity contribution >= 4 is 16.9 Å². The molecule has 0 radical (unpaired) electrons. The van der Waals surface area contributed by atoms with Crippen molar-refractivity contribution < 1.29 is 4.79 Å². The molecule has 1 aromatic heterocycles. The Labute approximate surface area is 136 Å². The molecule has 0 bridgehead atoms. The van der Waals surface area contributed by atoms with Crippen molar-refractivity contribution in [3.63, 3.8) is 0 Å². The van der Waals surface area contributed by atoms with Gasteiger partial charge >= 0.3 is 0 Å². The van der Waals surface area contributed by atoms with E-state index in [0.29, 0.717) is 6.42 Å². The van der Waals surface area contributed by atoms with Crippen LogP contribution in [0, 0.1) is 0 Å². The molecular weight excluding hydrogens is 286 g/mol. The molecule has 3 aromatic rings. The first kappa shape index (κ1) is 15.3. The van der Waals surface area contributed by atoms with Gasteiger partial charge in [0, 0.05) is 13.5 Å². The van der Waals surface area contributed by atoms with E-state index < -0.39 is 0 Å². The van der Waals surface area contributed by atoms with Gasteiger partial charge in [0.25, 0.3) is 0 Å². The number of nitrogens with zero attached hydrogens (tertiary/aromatic N) is 2. The molecule has 0 aliphatic rings. The molecule has 0 fully saturated rings. The summed E-state index contributed by atoms with van der Waals surface area (Å²) in [6.07, 6.45) is 1.24. The second-order valence-corrected chi connectivity index (χ2v) is 5.79. The molecule has 1 N–H and O–H groups in total. The maximum atomic E-state index is 12.2. The summed E-state index contributed by atoms with van der Waals surface area (Å²) in [6, 6.07) is 17.9. The fraction of sp³-hybridized carbons (Fsp3) is 0.263. The molecule has 1 amide bonds. The third kappa shape index (κ3) is 3.42. The Balaban J connectivity index is 1.64. The van der Waals surface area contributed by atoms with Crippen molar-refractivity contribution in [3.8, 4) is 0 Å². The number of aryl methyl sites for hydroxylation is 2. The molecule has 0 saturated heterocycles. The summed E-state index contributed by atoms with van der Waals surface area (Å²) >= 11 is 0. The molecule has 1 unspecified atom stereocenters. The molecule has 2 aromatic carbocycles. The van der Waals surface area contributed by atoms with Gasteiger partial charge < -0.3 is 9.88 Å². The summed E-state index contributed by atoms with van der Waals surface area (Å²) in [5.74, 6) is 0.924. The predicted octanol–water partition coefficient (Wildman–Crippen LogP) is 3.38. The second kappa shape index (κ2) is 6.65. The van der Waals surface area contributed by atoms with E-state index in [-0.39, 0.29) is 11.9 Å². The summed E-state index contributed by atoms with van der Waals surface area (Å²) in [4.78, 5) is 16.8. The van der Waals surface area contributed by atoms with Crippen LogP contribution in [0.4, 0.5) is 0 Å². The minimum Gasteiger partial charge on any atom is -0.346 e. The fourth-order valence-corrected chi connectivity index (χ4v) is 2.83. The lowest BCUT2D eigenvalue weighted by Crippen LogP contribution is -2.28. The van der Waals surface area contributed by atoms with Crippen molar-refractivity contribution in [2.75, 3.05) is 0 Å². The van der Waals surface area contributed by atoms with Crippen LogP contribution >= 0.6 is 0 Å². The fourth-order valence-electron chi connectivity index (χ4n) is 2.83. The lowest BCUT2D eigenvalue weighted by Gasteiger charge is -2.14. The molecule has 4 nitrogen and oxygen atoms in total. The molecule has 23 heavy (non-hydrogen) atoms. The molecule has 0 aliphatic heterocycles. The molecule has 0 saturated carbocycles. The second-order valence-electron chi connectivity index (χ2n) is 5.79. The number of aromatic nitrogens is 2. The zero-order valence-electron chi connectivity index (χ0n) is 13.5. The van der Waals surface area contributed by atoms with Crippen LogP contribution in [0.3, 0.4) is 0 Å². The predicted molar refractivity (Wildman–Crippen MR) is 92.0 cm³/mol. The minimum absolute atomic E-state index is 0.0495. The van der Waals surface area contributed by atoms with Crippen molar-refractivity contribution in [2.45, 2.75) is 25.8 Å². The van der Waals surface area contributed by atoms with Gasteiger partial charge in [0.15, 0.2) is 0 Å². The number of para-hydroxylation sites is 2. The first-order valence-electron chi connectivity index (χ1n) is 7.90. The lowest BCUT2D eigenvalue weighted by molar-refractivity contribution is -0.121. The Morgan fingerprint density at radius 1 is 1.13 bits per heavy atom. The maximum absolute atomic E-state index is 12.2. The van der Waals surface area contributed by atoms with Crippen LogP contribution in [0.1, 0.15) is 30.8 Å². The van der Waals surface area contributed by atoms with Gasteiger partial charge in [0.2, 0.25) is 5.91 Å². The average molecular weight is 307 g/mol. The number of benzene rings is 2. The first-order chi connectivity index (χ1) is 11.1. The molecule has 4 heteroatoms. The number of hydrogen-bond acceptors (Lipinski definition) is 2. The summed E-state index contributed by atoms with van der Waals surface area (Å²) < 4.78 is 2.04. The van der Waals surface area contributed by atoms with E-state index in [4.69, 9.17) is 0 Å². The number of amides is 1. The van der Waals surface area contributed by atoms with Gasteiger partial charge in [-0.1, -0.05) is 42.5 Å². The number of rotatable bonds is 5. The molecule has 3 rings (SSSR count). The minimum atomic E-state index is -0.115. The van der Waals surface area contributed by atoms with Crippen LogP contribution < -0.4 is 5.32 Å². The summed E-state index contributed by atoms with van der Waals surface area (Å²) in [5.41, 5.74) is 3.21.